The van der Waals surface area contributed by atoms with Crippen LogP contribution in [0.5, 0.6) is 0 Å². The van der Waals surface area contributed by atoms with Crippen molar-refractivity contribution in [2.24, 2.45) is 0 Å². The van der Waals surface area contributed by atoms with E-state index in [4.69, 9.17) is 0 Å². The molecule has 0 bridgehead atoms. The topological polar surface area (TPSA) is 38.3 Å². The number of carbonyl (C=O) groups is 1. The second-order valence-corrected chi connectivity index (χ2v) is 3.91. The Kier molecular flexibility index (Phi) is 4.46. The Balaban J connectivity index is 2.57. The zero-order valence-corrected chi connectivity index (χ0v) is 9.32. The first-order valence-corrected chi connectivity index (χ1v) is 5.57. The molecular weight excluding hydrogens is 198 g/mol. The molecule has 0 saturated heterocycles. The summed E-state index contributed by atoms with van der Waals surface area (Å²) < 4.78 is 4.54. The molecule has 1 heterocycles. The van der Waals surface area contributed by atoms with Gasteiger partial charge in [-0.1, -0.05) is 13.3 Å². The Morgan fingerprint density at radius 2 is 2.43 bits per heavy atom. The van der Waals surface area contributed by atoms with Crippen LogP contribution in [0.2, 0.25) is 0 Å². The van der Waals surface area contributed by atoms with E-state index in [1.165, 1.54) is 24.0 Å². The largest absolute Gasteiger partial charge is 0.453 e. The molecule has 1 N–H and O–H groups in total. The van der Waals surface area contributed by atoms with Gasteiger partial charge in [-0.25, -0.2) is 4.79 Å². The van der Waals surface area contributed by atoms with Gasteiger partial charge in [-0.2, -0.15) is 0 Å². The van der Waals surface area contributed by atoms with Gasteiger partial charge in [-0.05, 0) is 29.9 Å². The van der Waals surface area contributed by atoms with Crippen LogP contribution in [-0.4, -0.2) is 13.2 Å². The Hall–Kier alpha value is -1.03. The summed E-state index contributed by atoms with van der Waals surface area (Å²) in [6, 6.07) is 2.05. The van der Waals surface area contributed by atoms with Crippen LogP contribution in [0.4, 0.5) is 9.80 Å². The quantitative estimate of drug-likeness (QED) is 0.833. The van der Waals surface area contributed by atoms with E-state index in [0.717, 1.165) is 24.3 Å². The van der Waals surface area contributed by atoms with Crippen LogP contribution < -0.4 is 5.32 Å². The molecule has 3 nitrogen and oxygen atoms in total. The molecular formula is C10H15NO2S. The Morgan fingerprint density at radius 3 is 3.07 bits per heavy atom. The second-order valence-electron chi connectivity index (χ2n) is 3.00. The van der Waals surface area contributed by atoms with Gasteiger partial charge in [0.25, 0.3) is 0 Å². The Morgan fingerprint density at radius 1 is 1.64 bits per heavy atom. The third-order valence-electron chi connectivity index (χ3n) is 1.95. The third-order valence-corrected chi connectivity index (χ3v) is 2.82. The lowest BCUT2D eigenvalue weighted by Gasteiger charge is -2.03. The maximum absolute atomic E-state index is 11.0. The number of anilines is 1. The zero-order chi connectivity index (χ0) is 10.4. The van der Waals surface area contributed by atoms with E-state index in [-0.39, 0.29) is 0 Å². The van der Waals surface area contributed by atoms with Gasteiger partial charge in [0.05, 0.1) is 7.11 Å². The summed E-state index contributed by atoms with van der Waals surface area (Å²) in [5.74, 6) is 0. The van der Waals surface area contributed by atoms with E-state index < -0.39 is 6.09 Å². The van der Waals surface area contributed by atoms with Gasteiger partial charge in [-0.3, -0.25) is 5.32 Å². The molecule has 78 valence electrons. The third kappa shape index (κ3) is 3.03. The van der Waals surface area contributed by atoms with Crippen molar-refractivity contribution in [2.45, 2.75) is 26.2 Å². The summed E-state index contributed by atoms with van der Waals surface area (Å²) >= 11 is 1.53. The van der Waals surface area contributed by atoms with Gasteiger partial charge in [0, 0.05) is 0 Å². The predicted octanol–water partition coefficient (Wildman–Crippen LogP) is 3.27. The molecule has 1 aromatic rings. The molecule has 0 unspecified atom stereocenters. The summed E-state index contributed by atoms with van der Waals surface area (Å²) in [5, 5.41) is 5.60. The molecule has 0 radical (unpaired) electrons. The minimum Gasteiger partial charge on any atom is -0.453 e. The van der Waals surface area contributed by atoms with E-state index in [2.05, 4.69) is 17.0 Å². The SMILES string of the molecule is CCCCc1ccsc1NC(=O)OC. The summed E-state index contributed by atoms with van der Waals surface area (Å²) in [6.07, 6.45) is 2.92. The van der Waals surface area contributed by atoms with Crippen LogP contribution in [0.3, 0.4) is 0 Å². The standard InChI is InChI=1S/C10H15NO2S/c1-3-4-5-8-6-7-14-9(8)11-10(12)13-2/h6-7H,3-5H2,1-2H3,(H,11,12). The molecule has 0 aromatic carbocycles. The molecule has 1 amide bonds. The summed E-state index contributed by atoms with van der Waals surface area (Å²) in [5.41, 5.74) is 1.20. The molecule has 14 heavy (non-hydrogen) atoms. The van der Waals surface area contributed by atoms with Crippen molar-refractivity contribution < 1.29 is 9.53 Å². The number of ether oxygens (including phenoxy) is 1. The number of aryl methyl sites for hydroxylation is 1. The summed E-state index contributed by atoms with van der Waals surface area (Å²) in [4.78, 5) is 11.0. The van der Waals surface area contributed by atoms with Crippen molar-refractivity contribution in [1.29, 1.82) is 0 Å². The minimum atomic E-state index is -0.398. The first-order chi connectivity index (χ1) is 6.77. The van der Waals surface area contributed by atoms with E-state index in [1.807, 2.05) is 11.4 Å². The molecule has 1 rings (SSSR count). The van der Waals surface area contributed by atoms with Gasteiger partial charge >= 0.3 is 6.09 Å². The maximum Gasteiger partial charge on any atom is 0.411 e. The van der Waals surface area contributed by atoms with E-state index in [9.17, 15) is 4.79 Å². The monoisotopic (exact) mass is 213 g/mol. The molecule has 0 aliphatic heterocycles. The van der Waals surface area contributed by atoms with Gasteiger partial charge in [-0.15, -0.1) is 11.3 Å². The highest BCUT2D eigenvalue weighted by molar-refractivity contribution is 7.14. The van der Waals surface area contributed by atoms with Crippen molar-refractivity contribution in [1.82, 2.24) is 0 Å². The Bertz CT molecular complexity index is 296. The van der Waals surface area contributed by atoms with Gasteiger partial charge < -0.3 is 4.74 Å². The molecule has 0 saturated carbocycles. The van der Waals surface area contributed by atoms with E-state index in [0.29, 0.717) is 0 Å². The van der Waals surface area contributed by atoms with Crippen molar-refractivity contribution in [3.63, 3.8) is 0 Å². The first kappa shape index (κ1) is 11.0. The van der Waals surface area contributed by atoms with Crippen LogP contribution in [-0.2, 0) is 11.2 Å². The minimum absolute atomic E-state index is 0.398. The molecule has 0 atom stereocenters. The molecule has 0 spiro atoms. The number of nitrogens with one attached hydrogen (secondary N) is 1. The number of carbonyl (C=O) groups excluding carboxylic acids is 1. The number of rotatable bonds is 4. The molecule has 4 heteroatoms. The van der Waals surface area contributed by atoms with Gasteiger partial charge in [0.15, 0.2) is 0 Å². The van der Waals surface area contributed by atoms with Crippen LogP contribution in [0, 0.1) is 0 Å². The lowest BCUT2D eigenvalue weighted by Crippen LogP contribution is -2.10. The van der Waals surface area contributed by atoms with Gasteiger partial charge in [0.1, 0.15) is 5.00 Å². The Labute approximate surface area is 88.1 Å². The van der Waals surface area contributed by atoms with Crippen LogP contribution in [0.25, 0.3) is 0 Å². The number of hydrogen-bond acceptors (Lipinski definition) is 3. The number of unbranched alkanes of at least 4 members (excludes halogenated alkanes) is 1. The normalized spacial score (nSPS) is 9.86. The highest BCUT2D eigenvalue weighted by atomic mass is 32.1. The van der Waals surface area contributed by atoms with E-state index in [1.54, 1.807) is 0 Å². The lowest BCUT2D eigenvalue weighted by molar-refractivity contribution is 0.187. The average molecular weight is 213 g/mol. The zero-order valence-electron chi connectivity index (χ0n) is 8.50. The van der Waals surface area contributed by atoms with Crippen molar-refractivity contribution in [2.75, 3.05) is 12.4 Å². The number of amides is 1. The fraction of sp³-hybridized carbons (Fsp3) is 0.500. The predicted molar refractivity (Wildman–Crippen MR) is 59.0 cm³/mol. The van der Waals surface area contributed by atoms with Crippen molar-refractivity contribution >= 4 is 22.4 Å². The van der Waals surface area contributed by atoms with Crippen molar-refractivity contribution in [3.8, 4) is 0 Å². The fourth-order valence-corrected chi connectivity index (χ4v) is 1.99. The molecule has 1 aromatic heterocycles. The lowest BCUT2D eigenvalue weighted by atomic mass is 10.1. The van der Waals surface area contributed by atoms with Gasteiger partial charge in [0.2, 0.25) is 0 Å². The van der Waals surface area contributed by atoms with Crippen LogP contribution in [0.15, 0.2) is 11.4 Å². The van der Waals surface area contributed by atoms with Crippen LogP contribution in [0.1, 0.15) is 25.3 Å². The maximum atomic E-state index is 11.0. The number of hydrogen-bond donors (Lipinski definition) is 1. The first-order valence-electron chi connectivity index (χ1n) is 4.69. The molecule has 0 aliphatic carbocycles. The molecule has 0 fully saturated rings. The number of thiophene rings is 1. The fourth-order valence-electron chi connectivity index (χ4n) is 1.15. The average Bonchev–Trinajstić information content (AvgIpc) is 2.62. The number of methoxy groups -OCH3 is 1. The second kappa shape index (κ2) is 5.65. The summed E-state index contributed by atoms with van der Waals surface area (Å²) in [6.45, 7) is 2.15. The van der Waals surface area contributed by atoms with E-state index >= 15 is 0 Å². The highest BCUT2D eigenvalue weighted by Gasteiger charge is 2.07. The molecule has 0 aliphatic rings. The van der Waals surface area contributed by atoms with Crippen molar-refractivity contribution in [3.05, 3.63) is 17.0 Å². The summed E-state index contributed by atoms with van der Waals surface area (Å²) in [7, 11) is 1.37. The highest BCUT2D eigenvalue weighted by Crippen LogP contribution is 2.24. The smallest absolute Gasteiger partial charge is 0.411 e. The van der Waals surface area contributed by atoms with Crippen LogP contribution >= 0.6 is 11.3 Å².